The number of carbonyl (C=O) groups is 2. The molecule has 23 heavy (non-hydrogen) atoms. The van der Waals surface area contributed by atoms with Gasteiger partial charge in [0.15, 0.2) is 0 Å². The summed E-state index contributed by atoms with van der Waals surface area (Å²) in [5, 5.41) is 5.10. The molecular formula is C15H19F2N3O3. The number of likely N-dealkylation sites (tertiary alicyclic amines) is 1. The Bertz CT molecular complexity index is 531. The Hall–Kier alpha value is -2.38. The Kier molecular flexibility index (Phi) is 6.13. The molecule has 0 aliphatic carbocycles. The zero-order valence-corrected chi connectivity index (χ0v) is 12.6. The van der Waals surface area contributed by atoms with Crippen molar-refractivity contribution in [2.24, 2.45) is 0 Å². The smallest absolute Gasteiger partial charge is 0.387 e. The van der Waals surface area contributed by atoms with Gasteiger partial charge in [-0.15, -0.1) is 0 Å². The van der Waals surface area contributed by atoms with Gasteiger partial charge >= 0.3 is 12.6 Å². The average molecular weight is 327 g/mol. The first-order valence-electron chi connectivity index (χ1n) is 7.38. The third-order valence-corrected chi connectivity index (χ3v) is 3.46. The zero-order chi connectivity index (χ0) is 16.7. The molecule has 0 aromatic heterocycles. The number of benzene rings is 1. The Morgan fingerprint density at radius 3 is 2.39 bits per heavy atom. The standard InChI is InChI=1S/C15H19F2N3O3/c16-14(17)23-12-5-3-11(4-6-12)9-18-15(22)19-10-13(21)20-7-1-2-8-20/h3-6,14H,1-2,7-10H2,(H2,18,19,22). The average Bonchev–Trinajstić information content (AvgIpc) is 3.06. The van der Waals surface area contributed by atoms with Gasteiger partial charge in [-0.25, -0.2) is 4.79 Å². The number of hydrogen-bond donors (Lipinski definition) is 2. The van der Waals surface area contributed by atoms with Crippen LogP contribution in [0.4, 0.5) is 13.6 Å². The highest BCUT2D eigenvalue weighted by molar-refractivity contribution is 5.84. The lowest BCUT2D eigenvalue weighted by Crippen LogP contribution is -2.42. The molecule has 2 rings (SSSR count). The molecule has 0 atom stereocenters. The summed E-state index contributed by atoms with van der Waals surface area (Å²) >= 11 is 0. The fourth-order valence-electron chi connectivity index (χ4n) is 2.27. The molecule has 1 aliphatic rings. The van der Waals surface area contributed by atoms with Crippen LogP contribution in [0, 0.1) is 0 Å². The number of nitrogens with one attached hydrogen (secondary N) is 2. The second-order valence-corrected chi connectivity index (χ2v) is 5.15. The fraction of sp³-hybridized carbons (Fsp3) is 0.467. The van der Waals surface area contributed by atoms with E-state index in [-0.39, 0.29) is 24.7 Å². The first-order valence-corrected chi connectivity index (χ1v) is 7.38. The molecule has 2 N–H and O–H groups in total. The minimum absolute atomic E-state index is 0.0347. The van der Waals surface area contributed by atoms with Gasteiger partial charge in [-0.1, -0.05) is 12.1 Å². The Morgan fingerprint density at radius 1 is 1.13 bits per heavy atom. The van der Waals surface area contributed by atoms with E-state index in [1.807, 2.05) is 0 Å². The molecule has 0 radical (unpaired) electrons. The molecule has 1 aliphatic heterocycles. The molecule has 6 nitrogen and oxygen atoms in total. The maximum Gasteiger partial charge on any atom is 0.387 e. The number of hydrogen-bond acceptors (Lipinski definition) is 3. The molecule has 1 saturated heterocycles. The highest BCUT2D eigenvalue weighted by Gasteiger charge is 2.17. The summed E-state index contributed by atoms with van der Waals surface area (Å²) in [5.41, 5.74) is 0.729. The van der Waals surface area contributed by atoms with Crippen LogP contribution in [0.2, 0.25) is 0 Å². The number of ether oxygens (including phenoxy) is 1. The Balaban J connectivity index is 1.68. The second kappa shape index (κ2) is 8.30. The molecular weight excluding hydrogens is 308 g/mol. The summed E-state index contributed by atoms with van der Waals surface area (Å²) in [4.78, 5) is 25.1. The molecule has 0 unspecified atom stereocenters. The van der Waals surface area contributed by atoms with Crippen molar-refractivity contribution in [2.75, 3.05) is 19.6 Å². The van der Waals surface area contributed by atoms with Crippen molar-refractivity contribution < 1.29 is 23.1 Å². The number of amides is 3. The summed E-state index contributed by atoms with van der Waals surface area (Å²) in [6.45, 7) is -1.19. The first kappa shape index (κ1) is 17.0. The van der Waals surface area contributed by atoms with E-state index in [2.05, 4.69) is 15.4 Å². The van der Waals surface area contributed by atoms with Gasteiger partial charge < -0.3 is 20.3 Å². The Morgan fingerprint density at radius 2 is 1.78 bits per heavy atom. The van der Waals surface area contributed by atoms with E-state index in [1.54, 1.807) is 17.0 Å². The quantitative estimate of drug-likeness (QED) is 0.836. The third-order valence-electron chi connectivity index (χ3n) is 3.46. The number of halogens is 2. The molecule has 0 bridgehead atoms. The maximum atomic E-state index is 12.0. The molecule has 1 aromatic rings. The van der Waals surface area contributed by atoms with Crippen LogP contribution < -0.4 is 15.4 Å². The molecule has 0 saturated carbocycles. The topological polar surface area (TPSA) is 70.7 Å². The summed E-state index contributed by atoms with van der Waals surface area (Å²) in [7, 11) is 0. The van der Waals surface area contributed by atoms with E-state index in [4.69, 9.17) is 0 Å². The monoisotopic (exact) mass is 327 g/mol. The maximum absolute atomic E-state index is 12.0. The van der Waals surface area contributed by atoms with Crippen molar-refractivity contribution in [3.63, 3.8) is 0 Å². The third kappa shape index (κ3) is 5.72. The molecule has 0 spiro atoms. The van der Waals surface area contributed by atoms with E-state index < -0.39 is 12.6 Å². The van der Waals surface area contributed by atoms with Crippen LogP contribution >= 0.6 is 0 Å². The molecule has 126 valence electrons. The number of nitrogens with zero attached hydrogens (tertiary/aromatic N) is 1. The second-order valence-electron chi connectivity index (χ2n) is 5.15. The van der Waals surface area contributed by atoms with E-state index in [9.17, 15) is 18.4 Å². The van der Waals surface area contributed by atoms with Crippen LogP contribution in [0.25, 0.3) is 0 Å². The number of rotatable bonds is 6. The van der Waals surface area contributed by atoms with Crippen LogP contribution in [0.15, 0.2) is 24.3 Å². The number of carbonyl (C=O) groups excluding carboxylic acids is 2. The summed E-state index contributed by atoms with van der Waals surface area (Å²) in [5.74, 6) is -0.0319. The van der Waals surface area contributed by atoms with Crippen molar-refractivity contribution in [3.05, 3.63) is 29.8 Å². The fourth-order valence-corrected chi connectivity index (χ4v) is 2.27. The van der Waals surface area contributed by atoms with Crippen LogP contribution in [0.5, 0.6) is 5.75 Å². The van der Waals surface area contributed by atoms with Crippen molar-refractivity contribution in [1.82, 2.24) is 15.5 Å². The predicted molar refractivity (Wildman–Crippen MR) is 79.1 cm³/mol. The molecule has 1 fully saturated rings. The molecule has 3 amide bonds. The van der Waals surface area contributed by atoms with Crippen LogP contribution in [0.3, 0.4) is 0 Å². The highest BCUT2D eigenvalue weighted by Crippen LogP contribution is 2.14. The lowest BCUT2D eigenvalue weighted by Gasteiger charge is -2.15. The summed E-state index contributed by atoms with van der Waals surface area (Å²) in [6.07, 6.45) is 2.01. The normalized spacial score (nSPS) is 14.0. The van der Waals surface area contributed by atoms with Crippen molar-refractivity contribution in [2.45, 2.75) is 26.0 Å². The first-order chi connectivity index (χ1) is 11.0. The molecule has 1 aromatic carbocycles. The van der Waals surface area contributed by atoms with Gasteiger partial charge in [0.2, 0.25) is 5.91 Å². The van der Waals surface area contributed by atoms with Crippen LogP contribution in [0.1, 0.15) is 18.4 Å². The Labute approximate surface area is 132 Å². The summed E-state index contributed by atoms with van der Waals surface area (Å²) in [6, 6.07) is 5.50. The van der Waals surface area contributed by atoms with Gasteiger partial charge in [-0.05, 0) is 30.5 Å². The largest absolute Gasteiger partial charge is 0.435 e. The van der Waals surface area contributed by atoms with E-state index in [0.29, 0.717) is 0 Å². The van der Waals surface area contributed by atoms with E-state index in [1.165, 1.54) is 12.1 Å². The lowest BCUT2D eigenvalue weighted by molar-refractivity contribution is -0.129. The molecule has 8 heteroatoms. The zero-order valence-electron chi connectivity index (χ0n) is 12.6. The van der Waals surface area contributed by atoms with E-state index >= 15 is 0 Å². The van der Waals surface area contributed by atoms with Gasteiger partial charge in [-0.2, -0.15) is 8.78 Å². The number of urea groups is 1. The number of alkyl halides is 2. The van der Waals surface area contributed by atoms with Crippen molar-refractivity contribution in [3.8, 4) is 5.75 Å². The van der Waals surface area contributed by atoms with Gasteiger partial charge in [0, 0.05) is 19.6 Å². The van der Waals surface area contributed by atoms with Gasteiger partial charge in [-0.3, -0.25) is 4.79 Å². The predicted octanol–water partition coefficient (Wildman–Crippen LogP) is 1.71. The van der Waals surface area contributed by atoms with Crippen molar-refractivity contribution >= 4 is 11.9 Å². The van der Waals surface area contributed by atoms with Crippen LogP contribution in [-0.2, 0) is 11.3 Å². The van der Waals surface area contributed by atoms with E-state index in [0.717, 1.165) is 31.5 Å². The lowest BCUT2D eigenvalue weighted by atomic mass is 10.2. The minimum atomic E-state index is -2.86. The van der Waals surface area contributed by atoms with Crippen LogP contribution in [-0.4, -0.2) is 43.1 Å². The van der Waals surface area contributed by atoms with Gasteiger partial charge in [0.05, 0.1) is 6.54 Å². The van der Waals surface area contributed by atoms with Crippen molar-refractivity contribution in [1.29, 1.82) is 0 Å². The SMILES string of the molecule is O=C(NCC(=O)N1CCCC1)NCc1ccc(OC(F)F)cc1. The van der Waals surface area contributed by atoms with Gasteiger partial charge in [0.25, 0.3) is 0 Å². The van der Waals surface area contributed by atoms with Gasteiger partial charge in [0.1, 0.15) is 5.75 Å². The highest BCUT2D eigenvalue weighted by atomic mass is 19.3. The summed E-state index contributed by atoms with van der Waals surface area (Å²) < 4.78 is 28.3. The minimum Gasteiger partial charge on any atom is -0.435 e. The molecule has 1 heterocycles.